The lowest BCUT2D eigenvalue weighted by molar-refractivity contribution is -0.139. The number of carbonyl (C=O) groups is 1. The van der Waals surface area contributed by atoms with Crippen molar-refractivity contribution in [2.75, 3.05) is 19.7 Å². The molecule has 1 aromatic carbocycles. The summed E-state index contributed by atoms with van der Waals surface area (Å²) in [6, 6.07) is 2.98. The van der Waals surface area contributed by atoms with Gasteiger partial charge in [0.15, 0.2) is 6.61 Å². The van der Waals surface area contributed by atoms with Crippen LogP contribution in [0.2, 0.25) is 10.0 Å². The maximum atomic E-state index is 11.9. The van der Waals surface area contributed by atoms with E-state index in [1.807, 2.05) is 0 Å². The lowest BCUT2D eigenvalue weighted by Gasteiger charge is -2.14. The smallest absolute Gasteiger partial charge is 0.405 e. The van der Waals surface area contributed by atoms with E-state index in [1.165, 1.54) is 6.07 Å². The Balaban J connectivity index is 2.68. The van der Waals surface area contributed by atoms with Crippen LogP contribution in [-0.4, -0.2) is 31.8 Å². The van der Waals surface area contributed by atoms with Gasteiger partial charge in [-0.1, -0.05) is 23.2 Å². The molecule has 0 saturated carbocycles. The molecule has 9 heteroatoms. The largest absolute Gasteiger partial charge is 0.482 e. The van der Waals surface area contributed by atoms with E-state index in [9.17, 15) is 18.0 Å². The van der Waals surface area contributed by atoms with Gasteiger partial charge in [-0.25, -0.2) is 0 Å². The van der Waals surface area contributed by atoms with Gasteiger partial charge in [0.05, 0.1) is 5.02 Å². The van der Waals surface area contributed by atoms with Crippen molar-refractivity contribution in [2.24, 2.45) is 5.73 Å². The molecule has 1 rings (SSSR count). The highest BCUT2D eigenvalue weighted by Crippen LogP contribution is 2.32. The average Bonchev–Trinajstić information content (AvgIpc) is 2.34. The highest BCUT2D eigenvalue weighted by molar-refractivity contribution is 6.35. The number of amides is 1. The predicted molar refractivity (Wildman–Crippen MR) is 73.8 cm³/mol. The summed E-state index contributed by atoms with van der Waals surface area (Å²) in [5.41, 5.74) is 6.02. The predicted octanol–water partition coefficient (Wildman–Crippen LogP) is 2.55. The van der Waals surface area contributed by atoms with E-state index in [1.54, 1.807) is 11.4 Å². The fourth-order valence-electron chi connectivity index (χ4n) is 1.50. The molecule has 0 aliphatic carbocycles. The van der Waals surface area contributed by atoms with Crippen molar-refractivity contribution in [3.8, 4) is 5.75 Å². The Bertz CT molecular complexity index is 510. The van der Waals surface area contributed by atoms with E-state index in [2.05, 4.69) is 0 Å². The monoisotopic (exact) mass is 344 g/mol. The summed E-state index contributed by atoms with van der Waals surface area (Å²) >= 11 is 11.8. The molecule has 1 aromatic rings. The second-order valence-electron chi connectivity index (χ2n) is 4.10. The molecule has 0 aliphatic rings. The number of hydrogen-bond donors (Lipinski definition) is 2. The second-order valence-corrected chi connectivity index (χ2v) is 4.94. The SMILES string of the molecule is NCCc1cc(Cl)cc(Cl)c1OCC(=O)NCC(F)(F)F. The number of carbonyl (C=O) groups excluding carboxylic acids is 1. The van der Waals surface area contributed by atoms with Crippen molar-refractivity contribution in [1.29, 1.82) is 0 Å². The highest BCUT2D eigenvalue weighted by atomic mass is 35.5. The molecule has 0 aliphatic heterocycles. The van der Waals surface area contributed by atoms with Gasteiger partial charge in [0.25, 0.3) is 5.91 Å². The normalized spacial score (nSPS) is 11.3. The van der Waals surface area contributed by atoms with Crippen LogP contribution in [0.3, 0.4) is 0 Å². The van der Waals surface area contributed by atoms with Gasteiger partial charge >= 0.3 is 6.18 Å². The minimum atomic E-state index is -4.47. The standard InChI is InChI=1S/C12H13Cl2F3N2O2/c13-8-3-7(1-2-18)11(9(14)4-8)21-5-10(20)19-6-12(15,16)17/h3-4H,1-2,5-6,18H2,(H,19,20). The third-order valence-electron chi connectivity index (χ3n) is 2.33. The zero-order chi connectivity index (χ0) is 16.0. The molecule has 0 spiro atoms. The average molecular weight is 345 g/mol. The van der Waals surface area contributed by atoms with Gasteiger partial charge in [-0.2, -0.15) is 13.2 Å². The molecule has 0 radical (unpaired) electrons. The van der Waals surface area contributed by atoms with Crippen LogP contribution in [0.25, 0.3) is 0 Å². The number of rotatable bonds is 6. The Morgan fingerprint density at radius 1 is 1.33 bits per heavy atom. The van der Waals surface area contributed by atoms with Crippen molar-refractivity contribution < 1.29 is 22.7 Å². The molecule has 0 saturated heterocycles. The summed E-state index contributed by atoms with van der Waals surface area (Å²) in [7, 11) is 0. The van der Waals surface area contributed by atoms with Crippen molar-refractivity contribution >= 4 is 29.1 Å². The van der Waals surface area contributed by atoms with E-state index >= 15 is 0 Å². The molecule has 4 nitrogen and oxygen atoms in total. The molecule has 0 bridgehead atoms. The zero-order valence-electron chi connectivity index (χ0n) is 10.8. The van der Waals surface area contributed by atoms with Gasteiger partial charge in [-0.15, -0.1) is 0 Å². The van der Waals surface area contributed by atoms with Gasteiger partial charge < -0.3 is 15.8 Å². The van der Waals surface area contributed by atoms with Gasteiger partial charge in [0.2, 0.25) is 0 Å². The van der Waals surface area contributed by atoms with Crippen molar-refractivity contribution in [2.45, 2.75) is 12.6 Å². The van der Waals surface area contributed by atoms with Crippen molar-refractivity contribution in [1.82, 2.24) is 5.32 Å². The van der Waals surface area contributed by atoms with Crippen LogP contribution in [0.4, 0.5) is 13.2 Å². The van der Waals surface area contributed by atoms with Crippen LogP contribution in [0, 0.1) is 0 Å². The summed E-state index contributed by atoms with van der Waals surface area (Å²) < 4.78 is 41.0. The first-order chi connectivity index (χ1) is 9.73. The van der Waals surface area contributed by atoms with Crippen LogP contribution in [0.15, 0.2) is 12.1 Å². The first-order valence-electron chi connectivity index (χ1n) is 5.87. The molecular weight excluding hydrogens is 332 g/mol. The summed E-state index contributed by atoms with van der Waals surface area (Å²) in [5.74, 6) is -0.717. The number of alkyl halides is 3. The molecule has 0 aromatic heterocycles. The van der Waals surface area contributed by atoms with Gasteiger partial charge in [-0.3, -0.25) is 4.79 Å². The van der Waals surface area contributed by atoms with E-state index in [0.717, 1.165) is 0 Å². The van der Waals surface area contributed by atoms with E-state index < -0.39 is 25.2 Å². The Kier molecular flexibility index (Phi) is 6.57. The quantitative estimate of drug-likeness (QED) is 0.833. The Labute approximate surface area is 129 Å². The number of nitrogens with one attached hydrogen (secondary N) is 1. The second kappa shape index (κ2) is 7.72. The van der Waals surface area contributed by atoms with Gasteiger partial charge in [0, 0.05) is 5.02 Å². The van der Waals surface area contributed by atoms with Crippen molar-refractivity contribution in [3.05, 3.63) is 27.7 Å². The first kappa shape index (κ1) is 17.9. The molecular formula is C12H13Cl2F3N2O2. The topological polar surface area (TPSA) is 64.3 Å². The summed E-state index contributed by atoms with van der Waals surface area (Å²) in [6.45, 7) is -1.71. The van der Waals surface area contributed by atoms with Gasteiger partial charge in [0.1, 0.15) is 12.3 Å². The molecule has 0 atom stereocenters. The van der Waals surface area contributed by atoms with Crippen LogP contribution in [-0.2, 0) is 11.2 Å². The summed E-state index contributed by atoms with van der Waals surface area (Å²) in [6.07, 6.45) is -4.07. The first-order valence-corrected chi connectivity index (χ1v) is 6.62. The Morgan fingerprint density at radius 2 is 2.00 bits per heavy atom. The minimum Gasteiger partial charge on any atom is -0.482 e. The fraction of sp³-hybridized carbons (Fsp3) is 0.417. The van der Waals surface area contributed by atoms with Crippen LogP contribution in [0.1, 0.15) is 5.56 Å². The third-order valence-corrected chi connectivity index (χ3v) is 2.83. The maximum Gasteiger partial charge on any atom is 0.405 e. The number of hydrogen-bond acceptors (Lipinski definition) is 3. The summed E-state index contributed by atoms with van der Waals surface area (Å²) in [5, 5.41) is 2.23. The highest BCUT2D eigenvalue weighted by Gasteiger charge is 2.27. The minimum absolute atomic E-state index is 0.162. The lowest BCUT2D eigenvalue weighted by Crippen LogP contribution is -2.36. The molecule has 1 amide bonds. The van der Waals surface area contributed by atoms with E-state index in [-0.39, 0.29) is 10.8 Å². The molecule has 0 unspecified atom stereocenters. The number of ether oxygens (including phenoxy) is 1. The number of nitrogens with two attached hydrogens (primary N) is 1. The molecule has 21 heavy (non-hydrogen) atoms. The van der Waals surface area contributed by atoms with Crippen molar-refractivity contribution in [3.63, 3.8) is 0 Å². The summed E-state index contributed by atoms with van der Waals surface area (Å²) in [4.78, 5) is 11.3. The zero-order valence-corrected chi connectivity index (χ0v) is 12.3. The third kappa shape index (κ3) is 6.41. The maximum absolute atomic E-state index is 11.9. The molecule has 3 N–H and O–H groups in total. The van der Waals surface area contributed by atoms with Crippen LogP contribution >= 0.6 is 23.2 Å². The van der Waals surface area contributed by atoms with Gasteiger partial charge in [-0.05, 0) is 30.7 Å². The number of halogens is 5. The number of benzene rings is 1. The molecule has 118 valence electrons. The van der Waals surface area contributed by atoms with E-state index in [0.29, 0.717) is 23.6 Å². The fourth-order valence-corrected chi connectivity index (χ4v) is 2.09. The lowest BCUT2D eigenvalue weighted by atomic mass is 10.1. The van der Waals surface area contributed by atoms with Crippen LogP contribution in [0.5, 0.6) is 5.75 Å². The Hall–Kier alpha value is -1.18. The van der Waals surface area contributed by atoms with Crippen LogP contribution < -0.4 is 15.8 Å². The Morgan fingerprint density at radius 3 is 2.57 bits per heavy atom. The molecule has 0 heterocycles. The van der Waals surface area contributed by atoms with E-state index in [4.69, 9.17) is 33.7 Å². The molecule has 0 fully saturated rings.